The number of ether oxygens (including phenoxy) is 1. The molecule has 1 N–H and O–H groups in total. The number of hydrogen-bond acceptors (Lipinski definition) is 6. The molecule has 0 radical (unpaired) electrons. The molecule has 162 valence electrons. The van der Waals surface area contributed by atoms with E-state index in [1.165, 1.54) is 10.7 Å². The molecule has 0 saturated heterocycles. The molecule has 4 rings (SSSR count). The van der Waals surface area contributed by atoms with Crippen molar-refractivity contribution in [2.45, 2.75) is 19.9 Å². The Balaban J connectivity index is 1.55. The van der Waals surface area contributed by atoms with E-state index in [1.807, 2.05) is 54.8 Å². The largest absolute Gasteiger partial charge is 0.497 e. The summed E-state index contributed by atoms with van der Waals surface area (Å²) < 4.78 is 6.38. The number of aryl methyl sites for hydroxylation is 1. The van der Waals surface area contributed by atoms with E-state index >= 15 is 0 Å². The molecule has 2 heterocycles. The number of carbonyl (C=O) groups is 1. The maximum absolute atomic E-state index is 12.9. The predicted octanol–water partition coefficient (Wildman–Crippen LogP) is 4.55. The molecule has 1 atom stereocenters. The lowest BCUT2D eigenvalue weighted by atomic mass is 10.1. The van der Waals surface area contributed by atoms with Crippen LogP contribution in [0.4, 0.5) is 5.69 Å². The zero-order valence-electron chi connectivity index (χ0n) is 17.9. The van der Waals surface area contributed by atoms with Gasteiger partial charge in [-0.05, 0) is 56.3 Å². The standard InChI is InChI=1S/C24H22N4O3S/c1-15(24(30)26-19-6-4-5-18(13-19)22-14-32-16(2)25-22)28-23(29)12-11-21(27-28)17-7-9-20(31-3)10-8-17/h4-15H,1-3H3,(H,26,30)/t15-/m1/s1. The van der Waals surface area contributed by atoms with E-state index in [9.17, 15) is 9.59 Å². The summed E-state index contributed by atoms with van der Waals surface area (Å²) in [7, 11) is 1.60. The third-order valence-corrected chi connectivity index (χ3v) is 5.78. The van der Waals surface area contributed by atoms with Crippen LogP contribution < -0.4 is 15.6 Å². The average Bonchev–Trinajstić information content (AvgIpc) is 3.25. The molecule has 32 heavy (non-hydrogen) atoms. The van der Waals surface area contributed by atoms with Crippen LogP contribution in [-0.4, -0.2) is 27.8 Å². The molecular weight excluding hydrogens is 424 g/mol. The quantitative estimate of drug-likeness (QED) is 0.470. The highest BCUT2D eigenvalue weighted by Gasteiger charge is 2.18. The zero-order valence-corrected chi connectivity index (χ0v) is 18.7. The summed E-state index contributed by atoms with van der Waals surface area (Å²) in [6, 6.07) is 17.1. The van der Waals surface area contributed by atoms with Gasteiger partial charge in [0.15, 0.2) is 0 Å². The van der Waals surface area contributed by atoms with Gasteiger partial charge in [0, 0.05) is 28.3 Å². The van der Waals surface area contributed by atoms with Crippen LogP contribution in [0.5, 0.6) is 5.75 Å². The number of aromatic nitrogens is 3. The summed E-state index contributed by atoms with van der Waals surface area (Å²) in [6.45, 7) is 3.60. The Hall–Kier alpha value is -3.78. The molecule has 2 aromatic heterocycles. The smallest absolute Gasteiger partial charge is 0.267 e. The van der Waals surface area contributed by atoms with E-state index in [0.29, 0.717) is 11.4 Å². The molecular formula is C24H22N4O3S. The molecule has 7 nitrogen and oxygen atoms in total. The Labute approximate surface area is 189 Å². The van der Waals surface area contributed by atoms with Crippen molar-refractivity contribution >= 4 is 22.9 Å². The van der Waals surface area contributed by atoms with Gasteiger partial charge in [-0.3, -0.25) is 9.59 Å². The second-order valence-electron chi connectivity index (χ2n) is 7.23. The number of carbonyl (C=O) groups excluding carboxylic acids is 1. The van der Waals surface area contributed by atoms with Gasteiger partial charge >= 0.3 is 0 Å². The first-order valence-corrected chi connectivity index (χ1v) is 10.9. The predicted molar refractivity (Wildman–Crippen MR) is 126 cm³/mol. The maximum atomic E-state index is 12.9. The van der Waals surface area contributed by atoms with E-state index in [4.69, 9.17) is 4.74 Å². The fourth-order valence-corrected chi connectivity index (χ4v) is 3.85. The molecule has 0 saturated carbocycles. The van der Waals surface area contributed by atoms with Gasteiger partial charge in [0.05, 0.1) is 23.5 Å². The van der Waals surface area contributed by atoms with Gasteiger partial charge in [-0.15, -0.1) is 11.3 Å². The van der Waals surface area contributed by atoms with Crippen molar-refractivity contribution in [2.75, 3.05) is 12.4 Å². The molecule has 0 aliphatic carbocycles. The van der Waals surface area contributed by atoms with Crippen molar-refractivity contribution < 1.29 is 9.53 Å². The minimum Gasteiger partial charge on any atom is -0.497 e. The van der Waals surface area contributed by atoms with Crippen LogP contribution >= 0.6 is 11.3 Å². The topological polar surface area (TPSA) is 86.1 Å². The summed E-state index contributed by atoms with van der Waals surface area (Å²) in [5.74, 6) is 0.392. The molecule has 0 unspecified atom stereocenters. The molecule has 4 aromatic rings. The summed E-state index contributed by atoms with van der Waals surface area (Å²) in [5.41, 5.74) is 3.46. The lowest BCUT2D eigenvalue weighted by molar-refractivity contribution is -0.119. The van der Waals surface area contributed by atoms with Crippen molar-refractivity contribution in [1.82, 2.24) is 14.8 Å². The normalized spacial score (nSPS) is 11.7. The summed E-state index contributed by atoms with van der Waals surface area (Å²) in [4.78, 5) is 29.8. The van der Waals surface area contributed by atoms with Crippen molar-refractivity contribution in [3.8, 4) is 28.3 Å². The van der Waals surface area contributed by atoms with Crippen LogP contribution in [0.25, 0.3) is 22.5 Å². The van der Waals surface area contributed by atoms with E-state index < -0.39 is 6.04 Å². The molecule has 8 heteroatoms. The third-order valence-electron chi connectivity index (χ3n) is 5.00. The number of methoxy groups -OCH3 is 1. The van der Waals surface area contributed by atoms with Crippen LogP contribution in [0.1, 0.15) is 18.0 Å². The van der Waals surface area contributed by atoms with Gasteiger partial charge in [0.1, 0.15) is 11.8 Å². The fourth-order valence-electron chi connectivity index (χ4n) is 3.23. The first kappa shape index (κ1) is 21.5. The number of amides is 1. The Morgan fingerprint density at radius 1 is 1.06 bits per heavy atom. The molecule has 0 aliphatic heterocycles. The van der Waals surface area contributed by atoms with Crippen LogP contribution in [0.15, 0.2) is 70.8 Å². The summed E-state index contributed by atoms with van der Waals surface area (Å²) in [6.07, 6.45) is 0. The van der Waals surface area contributed by atoms with Crippen molar-refractivity contribution in [3.05, 3.63) is 81.4 Å². The van der Waals surface area contributed by atoms with Crippen LogP contribution in [-0.2, 0) is 4.79 Å². The van der Waals surface area contributed by atoms with Gasteiger partial charge in [0.25, 0.3) is 5.56 Å². The van der Waals surface area contributed by atoms with Crippen molar-refractivity contribution in [1.29, 1.82) is 0 Å². The van der Waals surface area contributed by atoms with Crippen LogP contribution in [0, 0.1) is 6.92 Å². The van der Waals surface area contributed by atoms with E-state index in [2.05, 4.69) is 15.4 Å². The molecule has 0 spiro atoms. The minimum absolute atomic E-state index is 0.335. The minimum atomic E-state index is -0.800. The lowest BCUT2D eigenvalue weighted by Gasteiger charge is -2.15. The van der Waals surface area contributed by atoms with Crippen molar-refractivity contribution in [3.63, 3.8) is 0 Å². The van der Waals surface area contributed by atoms with E-state index in [0.717, 1.165) is 27.6 Å². The number of benzene rings is 2. The van der Waals surface area contributed by atoms with Gasteiger partial charge in [-0.2, -0.15) is 5.10 Å². The number of nitrogens with one attached hydrogen (secondary N) is 1. The Morgan fingerprint density at radius 2 is 1.84 bits per heavy atom. The third kappa shape index (κ3) is 4.60. The fraction of sp³-hybridized carbons (Fsp3) is 0.167. The number of nitrogens with zero attached hydrogens (tertiary/aromatic N) is 3. The Morgan fingerprint density at radius 3 is 2.53 bits per heavy atom. The maximum Gasteiger partial charge on any atom is 0.267 e. The first-order valence-electron chi connectivity index (χ1n) is 10.0. The Bertz CT molecular complexity index is 1310. The second kappa shape index (κ2) is 9.15. The second-order valence-corrected chi connectivity index (χ2v) is 8.29. The highest BCUT2D eigenvalue weighted by molar-refractivity contribution is 7.09. The van der Waals surface area contributed by atoms with Gasteiger partial charge in [-0.25, -0.2) is 9.67 Å². The zero-order chi connectivity index (χ0) is 22.7. The first-order chi connectivity index (χ1) is 15.4. The Kier molecular flexibility index (Phi) is 6.13. The summed E-state index contributed by atoms with van der Waals surface area (Å²) >= 11 is 1.57. The number of rotatable bonds is 6. The van der Waals surface area contributed by atoms with Gasteiger partial charge in [0.2, 0.25) is 5.91 Å². The monoisotopic (exact) mass is 446 g/mol. The summed E-state index contributed by atoms with van der Waals surface area (Å²) in [5, 5.41) is 10.3. The molecule has 0 fully saturated rings. The van der Waals surface area contributed by atoms with Crippen LogP contribution in [0.2, 0.25) is 0 Å². The molecule has 0 aliphatic rings. The lowest BCUT2D eigenvalue weighted by Crippen LogP contribution is -2.33. The van der Waals surface area contributed by atoms with Crippen molar-refractivity contribution in [2.24, 2.45) is 0 Å². The molecule has 2 aromatic carbocycles. The van der Waals surface area contributed by atoms with E-state index in [1.54, 1.807) is 37.5 Å². The molecule has 0 bridgehead atoms. The van der Waals surface area contributed by atoms with Gasteiger partial charge in [-0.1, -0.05) is 12.1 Å². The van der Waals surface area contributed by atoms with E-state index in [-0.39, 0.29) is 11.5 Å². The number of hydrogen-bond donors (Lipinski definition) is 1. The highest BCUT2D eigenvalue weighted by Crippen LogP contribution is 2.25. The highest BCUT2D eigenvalue weighted by atomic mass is 32.1. The number of anilines is 1. The number of thiazole rings is 1. The van der Waals surface area contributed by atoms with Crippen LogP contribution in [0.3, 0.4) is 0 Å². The molecule has 1 amide bonds. The van der Waals surface area contributed by atoms with Gasteiger partial charge < -0.3 is 10.1 Å². The SMILES string of the molecule is COc1ccc(-c2ccc(=O)n([C@H](C)C(=O)Nc3cccc(-c4csc(C)n4)c3)n2)cc1. The average molecular weight is 447 g/mol.